The number of aryl methyl sites for hydroxylation is 1. The molecule has 0 N–H and O–H groups in total. The fraction of sp³-hybridized carbons (Fsp3) is 0.333. The highest BCUT2D eigenvalue weighted by molar-refractivity contribution is 6.30. The summed E-state index contributed by atoms with van der Waals surface area (Å²) >= 11 is 6.11. The van der Waals surface area contributed by atoms with E-state index >= 15 is 0 Å². The van der Waals surface area contributed by atoms with Crippen LogP contribution in [0.15, 0.2) is 30.6 Å². The summed E-state index contributed by atoms with van der Waals surface area (Å²) in [4.78, 5) is 8.40. The molecule has 0 aliphatic carbocycles. The minimum absolute atomic E-state index is 0.556. The molecule has 0 bridgehead atoms. The third-order valence-electron chi connectivity index (χ3n) is 3.01. The van der Waals surface area contributed by atoms with Crippen LogP contribution < -0.4 is 0 Å². The Labute approximate surface area is 113 Å². The molecular weight excluding hydrogens is 244 g/mol. The first-order chi connectivity index (χ1) is 8.76. The Morgan fingerprint density at radius 2 is 1.78 bits per heavy atom. The van der Waals surface area contributed by atoms with Gasteiger partial charge in [-0.1, -0.05) is 56.1 Å². The second kappa shape index (κ2) is 5.96. The molecule has 1 heterocycles. The van der Waals surface area contributed by atoms with Crippen molar-refractivity contribution in [1.82, 2.24) is 9.97 Å². The fourth-order valence-corrected chi connectivity index (χ4v) is 2.34. The Balaban J connectivity index is 2.39. The maximum atomic E-state index is 6.11. The lowest BCUT2D eigenvalue weighted by molar-refractivity contribution is 0.922. The lowest BCUT2D eigenvalue weighted by atomic mass is 10.0. The van der Waals surface area contributed by atoms with Crippen LogP contribution >= 0.6 is 11.6 Å². The smallest absolute Gasteiger partial charge is 0.136 e. The van der Waals surface area contributed by atoms with Gasteiger partial charge >= 0.3 is 0 Å². The summed E-state index contributed by atoms with van der Waals surface area (Å²) in [5.74, 6) is 0. The van der Waals surface area contributed by atoms with Crippen molar-refractivity contribution in [1.29, 1.82) is 0 Å². The Morgan fingerprint density at radius 1 is 1.06 bits per heavy atom. The van der Waals surface area contributed by atoms with Crippen molar-refractivity contribution in [3.05, 3.63) is 46.9 Å². The minimum atomic E-state index is 0.556. The minimum Gasteiger partial charge on any atom is -0.236 e. The van der Waals surface area contributed by atoms with Gasteiger partial charge in [0.15, 0.2) is 0 Å². The molecule has 2 rings (SSSR count). The third-order valence-corrected chi connectivity index (χ3v) is 3.34. The normalized spacial score (nSPS) is 10.6. The predicted molar refractivity (Wildman–Crippen MR) is 75.9 cm³/mol. The van der Waals surface area contributed by atoms with Gasteiger partial charge < -0.3 is 0 Å². The Hall–Kier alpha value is -1.41. The van der Waals surface area contributed by atoms with Gasteiger partial charge in [0.25, 0.3) is 0 Å². The first-order valence-electron chi connectivity index (χ1n) is 6.35. The number of benzene rings is 1. The molecule has 0 spiro atoms. The van der Waals surface area contributed by atoms with Gasteiger partial charge in [0.2, 0.25) is 0 Å². The van der Waals surface area contributed by atoms with Gasteiger partial charge in [0.1, 0.15) is 11.5 Å². The summed E-state index contributed by atoms with van der Waals surface area (Å²) in [5.41, 5.74) is 4.43. The average Bonchev–Trinajstić information content (AvgIpc) is 2.40. The molecule has 0 unspecified atom stereocenters. The second-order valence-electron chi connectivity index (χ2n) is 4.29. The van der Waals surface area contributed by atoms with Gasteiger partial charge in [-0.25, -0.2) is 9.97 Å². The van der Waals surface area contributed by atoms with E-state index in [2.05, 4.69) is 48.1 Å². The van der Waals surface area contributed by atoms with Crippen molar-refractivity contribution in [3.8, 4) is 11.3 Å². The molecule has 0 atom stereocenters. The zero-order valence-electron chi connectivity index (χ0n) is 10.8. The molecule has 0 saturated heterocycles. The van der Waals surface area contributed by atoms with Gasteiger partial charge in [0.05, 0.1) is 5.69 Å². The largest absolute Gasteiger partial charge is 0.236 e. The molecular formula is C15H17ClN2. The van der Waals surface area contributed by atoms with E-state index in [1.165, 1.54) is 18.3 Å². The van der Waals surface area contributed by atoms with Gasteiger partial charge in [0, 0.05) is 11.1 Å². The quantitative estimate of drug-likeness (QED) is 0.766. The van der Waals surface area contributed by atoms with Crippen molar-refractivity contribution >= 4 is 11.6 Å². The molecule has 1 aromatic heterocycles. The van der Waals surface area contributed by atoms with Crippen LogP contribution in [-0.4, -0.2) is 9.97 Å². The van der Waals surface area contributed by atoms with Gasteiger partial charge in [-0.15, -0.1) is 0 Å². The number of rotatable bonds is 4. The zero-order chi connectivity index (χ0) is 13.0. The van der Waals surface area contributed by atoms with Gasteiger partial charge in [-0.3, -0.25) is 0 Å². The van der Waals surface area contributed by atoms with E-state index in [9.17, 15) is 0 Å². The maximum Gasteiger partial charge on any atom is 0.136 e. The number of halogens is 1. The molecule has 94 valence electrons. The monoisotopic (exact) mass is 260 g/mol. The van der Waals surface area contributed by atoms with Crippen LogP contribution in [0, 0.1) is 0 Å². The molecule has 1 aromatic carbocycles. The van der Waals surface area contributed by atoms with E-state index in [4.69, 9.17) is 11.6 Å². The molecule has 0 aliphatic rings. The standard InChI is InChI=1S/C15H17ClN2/c1-3-5-11-6-8-12(9-7-11)14-13(4-2)15(16)18-10-17-14/h6-10H,3-5H2,1-2H3. The van der Waals surface area contributed by atoms with Crippen molar-refractivity contribution < 1.29 is 0 Å². The summed E-state index contributed by atoms with van der Waals surface area (Å²) in [7, 11) is 0. The molecule has 3 heteroatoms. The van der Waals surface area contributed by atoms with Crippen LogP contribution in [0.25, 0.3) is 11.3 Å². The van der Waals surface area contributed by atoms with Crippen LogP contribution in [0.3, 0.4) is 0 Å². The Morgan fingerprint density at radius 3 is 2.39 bits per heavy atom. The highest BCUT2D eigenvalue weighted by atomic mass is 35.5. The van der Waals surface area contributed by atoms with E-state index in [1.54, 1.807) is 0 Å². The lowest BCUT2D eigenvalue weighted by Crippen LogP contribution is -1.95. The third kappa shape index (κ3) is 2.70. The predicted octanol–water partition coefficient (Wildman–Crippen LogP) is 4.31. The molecule has 0 saturated carbocycles. The van der Waals surface area contributed by atoms with Crippen molar-refractivity contribution in [3.63, 3.8) is 0 Å². The topological polar surface area (TPSA) is 25.8 Å². The van der Waals surface area contributed by atoms with Crippen LogP contribution in [-0.2, 0) is 12.8 Å². The van der Waals surface area contributed by atoms with E-state index in [1.807, 2.05) is 0 Å². The first-order valence-corrected chi connectivity index (χ1v) is 6.72. The second-order valence-corrected chi connectivity index (χ2v) is 4.65. The number of nitrogens with zero attached hydrogens (tertiary/aromatic N) is 2. The maximum absolute atomic E-state index is 6.11. The van der Waals surface area contributed by atoms with E-state index in [0.717, 1.165) is 29.7 Å². The van der Waals surface area contributed by atoms with E-state index in [-0.39, 0.29) is 0 Å². The average molecular weight is 261 g/mol. The SMILES string of the molecule is CCCc1ccc(-c2ncnc(Cl)c2CC)cc1. The molecule has 2 nitrogen and oxygen atoms in total. The first kappa shape index (κ1) is 13.0. The Bertz CT molecular complexity index is 521. The number of hydrogen-bond acceptors (Lipinski definition) is 2. The molecule has 2 aromatic rings. The van der Waals surface area contributed by atoms with E-state index in [0.29, 0.717) is 5.15 Å². The summed E-state index contributed by atoms with van der Waals surface area (Å²) in [6.45, 7) is 4.26. The number of hydrogen-bond donors (Lipinski definition) is 0. The Kier molecular flexibility index (Phi) is 4.32. The van der Waals surface area contributed by atoms with Crippen LogP contribution in [0.1, 0.15) is 31.4 Å². The van der Waals surface area contributed by atoms with Crippen molar-refractivity contribution in [2.75, 3.05) is 0 Å². The summed E-state index contributed by atoms with van der Waals surface area (Å²) in [5, 5.41) is 0.556. The number of aromatic nitrogens is 2. The van der Waals surface area contributed by atoms with Gasteiger partial charge in [-0.05, 0) is 18.4 Å². The highest BCUT2D eigenvalue weighted by Gasteiger charge is 2.09. The molecule has 0 radical (unpaired) electrons. The molecule has 0 aliphatic heterocycles. The van der Waals surface area contributed by atoms with E-state index < -0.39 is 0 Å². The lowest BCUT2D eigenvalue weighted by Gasteiger charge is -2.08. The van der Waals surface area contributed by atoms with Crippen LogP contribution in [0.4, 0.5) is 0 Å². The van der Waals surface area contributed by atoms with Crippen molar-refractivity contribution in [2.45, 2.75) is 33.1 Å². The summed E-state index contributed by atoms with van der Waals surface area (Å²) in [6.07, 6.45) is 4.65. The molecule has 18 heavy (non-hydrogen) atoms. The van der Waals surface area contributed by atoms with Crippen LogP contribution in [0.5, 0.6) is 0 Å². The highest BCUT2D eigenvalue weighted by Crippen LogP contribution is 2.26. The summed E-state index contributed by atoms with van der Waals surface area (Å²) in [6, 6.07) is 8.55. The molecule has 0 fully saturated rings. The van der Waals surface area contributed by atoms with Crippen molar-refractivity contribution in [2.24, 2.45) is 0 Å². The van der Waals surface area contributed by atoms with Gasteiger partial charge in [-0.2, -0.15) is 0 Å². The summed E-state index contributed by atoms with van der Waals surface area (Å²) < 4.78 is 0. The zero-order valence-corrected chi connectivity index (χ0v) is 11.5. The fourth-order valence-electron chi connectivity index (χ4n) is 2.07. The molecule has 0 amide bonds. The van der Waals surface area contributed by atoms with Crippen LogP contribution in [0.2, 0.25) is 5.15 Å².